The van der Waals surface area contributed by atoms with Crippen LogP contribution in [0.3, 0.4) is 0 Å². The van der Waals surface area contributed by atoms with Crippen molar-refractivity contribution in [2.24, 2.45) is 5.92 Å². The van der Waals surface area contributed by atoms with Crippen molar-refractivity contribution >= 4 is 11.9 Å². The summed E-state index contributed by atoms with van der Waals surface area (Å²) in [5.41, 5.74) is 1.40. The molecule has 2 fully saturated rings. The minimum absolute atomic E-state index is 0.0367. The predicted molar refractivity (Wildman–Crippen MR) is 116 cm³/mol. The number of hydrogen-bond donors (Lipinski definition) is 1. The summed E-state index contributed by atoms with van der Waals surface area (Å²) in [5, 5.41) is 3.30. The molecule has 1 N–H and O–H groups in total. The zero-order valence-electron chi connectivity index (χ0n) is 18.0. The Morgan fingerprint density at radius 3 is 2.48 bits per heavy atom. The van der Waals surface area contributed by atoms with Crippen LogP contribution in [0.25, 0.3) is 0 Å². The van der Waals surface area contributed by atoms with Gasteiger partial charge in [-0.3, -0.25) is 4.79 Å². The van der Waals surface area contributed by atoms with E-state index in [1.54, 1.807) is 19.0 Å². The van der Waals surface area contributed by atoms with Gasteiger partial charge in [0.15, 0.2) is 0 Å². The number of piperidine rings is 2. The van der Waals surface area contributed by atoms with Crippen molar-refractivity contribution in [3.8, 4) is 0 Å². The summed E-state index contributed by atoms with van der Waals surface area (Å²) in [5.74, 6) is 0.216. The number of likely N-dealkylation sites (tertiary alicyclic amines) is 2. The summed E-state index contributed by atoms with van der Waals surface area (Å²) in [6, 6.07) is 10.9. The van der Waals surface area contributed by atoms with Gasteiger partial charge in [0, 0.05) is 45.7 Å². The van der Waals surface area contributed by atoms with Crippen LogP contribution >= 0.6 is 0 Å². The molecular formula is C23H36N4O2. The molecule has 0 spiro atoms. The van der Waals surface area contributed by atoms with E-state index in [9.17, 15) is 9.59 Å². The van der Waals surface area contributed by atoms with Crippen LogP contribution < -0.4 is 5.32 Å². The molecule has 0 aromatic heterocycles. The molecule has 2 aliphatic heterocycles. The van der Waals surface area contributed by atoms with Crippen molar-refractivity contribution in [2.75, 3.05) is 46.8 Å². The molecule has 1 atom stereocenters. The fourth-order valence-electron chi connectivity index (χ4n) is 4.46. The Balaban J connectivity index is 1.37. The third kappa shape index (κ3) is 6.46. The topological polar surface area (TPSA) is 55.9 Å². The first-order valence-electron chi connectivity index (χ1n) is 11.1. The Kier molecular flexibility index (Phi) is 7.92. The summed E-state index contributed by atoms with van der Waals surface area (Å²) in [6.07, 6.45) is 6.00. The second kappa shape index (κ2) is 10.6. The highest BCUT2D eigenvalue weighted by molar-refractivity contribution is 5.80. The van der Waals surface area contributed by atoms with Gasteiger partial charge in [-0.15, -0.1) is 0 Å². The third-order valence-corrected chi connectivity index (χ3v) is 6.15. The maximum absolute atomic E-state index is 12.7. The fourth-order valence-corrected chi connectivity index (χ4v) is 4.46. The summed E-state index contributed by atoms with van der Waals surface area (Å²) in [6.45, 7) is 4.52. The molecule has 3 rings (SSSR count). The van der Waals surface area contributed by atoms with E-state index >= 15 is 0 Å². The van der Waals surface area contributed by atoms with E-state index in [1.807, 2.05) is 4.90 Å². The highest BCUT2D eigenvalue weighted by Crippen LogP contribution is 2.19. The lowest BCUT2D eigenvalue weighted by molar-refractivity contribution is -0.127. The van der Waals surface area contributed by atoms with Gasteiger partial charge in [0.2, 0.25) is 5.91 Å². The Morgan fingerprint density at radius 1 is 1.07 bits per heavy atom. The molecule has 2 saturated heterocycles. The number of urea groups is 1. The smallest absolute Gasteiger partial charge is 0.319 e. The van der Waals surface area contributed by atoms with Gasteiger partial charge in [-0.05, 0) is 57.2 Å². The van der Waals surface area contributed by atoms with Crippen molar-refractivity contribution in [3.05, 3.63) is 35.9 Å². The number of carbonyl (C=O) groups is 2. The summed E-state index contributed by atoms with van der Waals surface area (Å²) in [7, 11) is 3.55. The van der Waals surface area contributed by atoms with Gasteiger partial charge in [-0.25, -0.2) is 4.79 Å². The highest BCUT2D eigenvalue weighted by atomic mass is 16.2. The molecule has 3 amide bonds. The Morgan fingerprint density at radius 2 is 1.79 bits per heavy atom. The third-order valence-electron chi connectivity index (χ3n) is 6.15. The van der Waals surface area contributed by atoms with Gasteiger partial charge >= 0.3 is 6.03 Å². The van der Waals surface area contributed by atoms with Gasteiger partial charge in [-0.1, -0.05) is 30.3 Å². The van der Waals surface area contributed by atoms with Crippen molar-refractivity contribution in [1.29, 1.82) is 0 Å². The number of rotatable bonds is 6. The monoisotopic (exact) mass is 400 g/mol. The number of amides is 3. The van der Waals surface area contributed by atoms with Gasteiger partial charge in [-0.2, -0.15) is 0 Å². The normalized spacial score (nSPS) is 21.0. The number of carbonyl (C=O) groups excluding carboxylic acids is 2. The van der Waals surface area contributed by atoms with Crippen LogP contribution in [0.1, 0.15) is 37.7 Å². The maximum atomic E-state index is 12.7. The fraction of sp³-hybridized carbons (Fsp3) is 0.652. The van der Waals surface area contributed by atoms with E-state index in [1.165, 1.54) is 5.56 Å². The van der Waals surface area contributed by atoms with Crippen LogP contribution in [0.15, 0.2) is 30.3 Å². The number of nitrogens with zero attached hydrogens (tertiary/aromatic N) is 3. The van der Waals surface area contributed by atoms with Crippen LogP contribution in [0, 0.1) is 5.92 Å². The molecule has 0 radical (unpaired) electrons. The van der Waals surface area contributed by atoms with E-state index in [0.29, 0.717) is 13.1 Å². The molecule has 1 aromatic carbocycles. The lowest BCUT2D eigenvalue weighted by atomic mass is 9.95. The molecule has 6 heteroatoms. The first-order valence-corrected chi connectivity index (χ1v) is 11.1. The van der Waals surface area contributed by atoms with Crippen LogP contribution in [0.2, 0.25) is 0 Å². The van der Waals surface area contributed by atoms with Crippen LogP contribution in [0.5, 0.6) is 0 Å². The minimum Gasteiger partial charge on any atom is -0.352 e. The van der Waals surface area contributed by atoms with Crippen LogP contribution in [-0.2, 0) is 11.2 Å². The quantitative estimate of drug-likeness (QED) is 0.799. The van der Waals surface area contributed by atoms with Crippen LogP contribution in [0.4, 0.5) is 4.79 Å². The number of benzene rings is 1. The van der Waals surface area contributed by atoms with E-state index < -0.39 is 0 Å². The number of aryl methyl sites for hydroxylation is 1. The molecule has 29 heavy (non-hydrogen) atoms. The number of nitrogens with one attached hydrogen (secondary N) is 1. The average Bonchev–Trinajstić information content (AvgIpc) is 2.74. The first kappa shape index (κ1) is 21.6. The van der Waals surface area contributed by atoms with Gasteiger partial charge < -0.3 is 20.0 Å². The van der Waals surface area contributed by atoms with Crippen molar-refractivity contribution in [1.82, 2.24) is 20.0 Å². The SMILES string of the molecule is CN(C)C(=O)N1CCC(C(=O)NC2CCCN(CCCc3ccccc3)C2)CC1. The molecular weight excluding hydrogens is 364 g/mol. The summed E-state index contributed by atoms with van der Waals surface area (Å²) < 4.78 is 0. The molecule has 6 nitrogen and oxygen atoms in total. The number of hydrogen-bond acceptors (Lipinski definition) is 3. The molecule has 0 saturated carbocycles. The molecule has 160 valence electrons. The minimum atomic E-state index is 0.0367. The molecule has 2 heterocycles. The standard InChI is InChI=1S/C23H36N4O2/c1-25(2)23(29)27-16-12-20(13-17-27)22(28)24-21-11-7-15-26(18-21)14-6-10-19-8-4-3-5-9-19/h3-5,8-9,20-21H,6-7,10-18H2,1-2H3,(H,24,28). The lowest BCUT2D eigenvalue weighted by Crippen LogP contribution is -2.51. The lowest BCUT2D eigenvalue weighted by Gasteiger charge is -2.36. The highest BCUT2D eigenvalue weighted by Gasteiger charge is 2.30. The second-order valence-corrected chi connectivity index (χ2v) is 8.68. The van der Waals surface area contributed by atoms with E-state index in [2.05, 4.69) is 40.5 Å². The zero-order chi connectivity index (χ0) is 20.6. The molecule has 0 bridgehead atoms. The van der Waals surface area contributed by atoms with Gasteiger partial charge in [0.1, 0.15) is 0 Å². The molecule has 1 unspecified atom stereocenters. The summed E-state index contributed by atoms with van der Waals surface area (Å²) in [4.78, 5) is 30.7. The van der Waals surface area contributed by atoms with Crippen molar-refractivity contribution in [3.63, 3.8) is 0 Å². The Bertz CT molecular complexity index is 656. The van der Waals surface area contributed by atoms with Gasteiger partial charge in [0.05, 0.1) is 0 Å². The van der Waals surface area contributed by atoms with Crippen molar-refractivity contribution in [2.45, 2.75) is 44.6 Å². The maximum Gasteiger partial charge on any atom is 0.319 e. The van der Waals surface area contributed by atoms with Gasteiger partial charge in [0.25, 0.3) is 0 Å². The first-order chi connectivity index (χ1) is 14.0. The largest absolute Gasteiger partial charge is 0.352 e. The van der Waals surface area contributed by atoms with Crippen LogP contribution in [-0.4, -0.2) is 79.5 Å². The summed E-state index contributed by atoms with van der Waals surface area (Å²) >= 11 is 0. The Hall–Kier alpha value is -2.08. The predicted octanol–water partition coefficient (Wildman–Crippen LogP) is 2.59. The van der Waals surface area contributed by atoms with E-state index in [-0.39, 0.29) is 23.9 Å². The second-order valence-electron chi connectivity index (χ2n) is 8.68. The molecule has 2 aliphatic rings. The molecule has 1 aromatic rings. The average molecular weight is 401 g/mol. The van der Waals surface area contributed by atoms with Crippen molar-refractivity contribution < 1.29 is 9.59 Å². The Labute approximate surface area is 175 Å². The van der Waals surface area contributed by atoms with E-state index in [0.717, 1.165) is 58.2 Å². The molecule has 0 aliphatic carbocycles. The zero-order valence-corrected chi connectivity index (χ0v) is 18.0. The van der Waals surface area contributed by atoms with E-state index in [4.69, 9.17) is 0 Å².